The van der Waals surface area contributed by atoms with Crippen LogP contribution in [0.5, 0.6) is 0 Å². The van der Waals surface area contributed by atoms with Gasteiger partial charge in [0.2, 0.25) is 0 Å². The molecule has 0 aliphatic carbocycles. The van der Waals surface area contributed by atoms with Crippen LogP contribution in [-0.4, -0.2) is 24.7 Å². The number of rotatable bonds is 6. The zero-order chi connectivity index (χ0) is 22.7. The number of benzene rings is 2. The van der Waals surface area contributed by atoms with Gasteiger partial charge in [-0.25, -0.2) is 8.78 Å². The Labute approximate surface area is 189 Å². The first kappa shape index (κ1) is 21.6. The lowest BCUT2D eigenvalue weighted by Crippen LogP contribution is -2.20. The Balaban J connectivity index is 1.39. The Morgan fingerprint density at radius 2 is 1.69 bits per heavy atom. The maximum Gasteiger partial charge on any atom is 0.176 e. The molecule has 0 radical (unpaired) electrons. The topological polar surface area (TPSA) is 59.7 Å². The second kappa shape index (κ2) is 9.27. The molecule has 0 saturated heterocycles. The summed E-state index contributed by atoms with van der Waals surface area (Å²) < 4.78 is 30.1. The third-order valence-electron chi connectivity index (χ3n) is 4.98. The van der Waals surface area contributed by atoms with Crippen LogP contribution in [0.15, 0.2) is 60.8 Å². The van der Waals surface area contributed by atoms with Crippen molar-refractivity contribution < 1.29 is 8.78 Å². The van der Waals surface area contributed by atoms with E-state index in [1.165, 1.54) is 24.3 Å². The summed E-state index contributed by atoms with van der Waals surface area (Å²) in [6.45, 7) is 4.82. The number of hydrogen-bond donors (Lipinski definition) is 2. The van der Waals surface area contributed by atoms with Crippen LogP contribution in [0.1, 0.15) is 22.5 Å². The molecule has 164 valence electrons. The molecule has 0 aliphatic rings. The van der Waals surface area contributed by atoms with Crippen LogP contribution >= 0.6 is 12.2 Å². The van der Waals surface area contributed by atoms with Crippen molar-refractivity contribution in [1.82, 2.24) is 19.6 Å². The highest BCUT2D eigenvalue weighted by Crippen LogP contribution is 2.21. The number of aromatic nitrogens is 4. The molecule has 0 fully saturated rings. The third kappa shape index (κ3) is 5.17. The molecule has 0 atom stereocenters. The molecular weight excluding hydrogens is 430 g/mol. The summed E-state index contributed by atoms with van der Waals surface area (Å²) in [5.41, 5.74) is 4.29. The van der Waals surface area contributed by atoms with Gasteiger partial charge in [0.15, 0.2) is 10.9 Å². The molecule has 9 heteroatoms. The SMILES string of the molecule is Cc1nn(Cc2ccc(F)cc2)c(C)c1NC(=S)Nc1ccn(Cc2cccc(F)c2)n1. The third-order valence-corrected chi connectivity index (χ3v) is 5.19. The summed E-state index contributed by atoms with van der Waals surface area (Å²) >= 11 is 5.45. The maximum atomic E-state index is 13.4. The lowest BCUT2D eigenvalue weighted by molar-refractivity contribution is 0.619. The van der Waals surface area contributed by atoms with E-state index in [-0.39, 0.29) is 11.6 Å². The summed E-state index contributed by atoms with van der Waals surface area (Å²) in [7, 11) is 0. The van der Waals surface area contributed by atoms with Crippen molar-refractivity contribution in [3.05, 3.63) is 94.9 Å². The number of nitrogens with zero attached hydrogens (tertiary/aromatic N) is 4. The molecule has 6 nitrogen and oxygen atoms in total. The van der Waals surface area contributed by atoms with Crippen molar-refractivity contribution in [1.29, 1.82) is 0 Å². The number of halogens is 2. The molecule has 0 saturated carbocycles. The number of aryl methyl sites for hydroxylation is 1. The summed E-state index contributed by atoms with van der Waals surface area (Å²) in [6.07, 6.45) is 1.80. The van der Waals surface area contributed by atoms with Gasteiger partial charge in [0, 0.05) is 12.3 Å². The number of hydrogen-bond acceptors (Lipinski definition) is 3. The number of thiocarbonyl (C=S) groups is 1. The quantitative estimate of drug-likeness (QED) is 0.409. The molecule has 2 heterocycles. The molecule has 32 heavy (non-hydrogen) atoms. The van der Waals surface area contributed by atoms with E-state index in [9.17, 15) is 8.78 Å². The predicted octanol–water partition coefficient (Wildman–Crippen LogP) is 4.88. The number of anilines is 2. The van der Waals surface area contributed by atoms with Gasteiger partial charge in [-0.05, 0) is 61.5 Å². The van der Waals surface area contributed by atoms with Crippen LogP contribution in [0.2, 0.25) is 0 Å². The minimum atomic E-state index is -0.274. The van der Waals surface area contributed by atoms with E-state index in [4.69, 9.17) is 12.2 Å². The first-order chi connectivity index (χ1) is 15.4. The zero-order valence-electron chi connectivity index (χ0n) is 17.6. The van der Waals surface area contributed by atoms with Gasteiger partial charge in [0.1, 0.15) is 11.6 Å². The Morgan fingerprint density at radius 3 is 2.44 bits per heavy atom. The molecule has 2 aromatic carbocycles. The molecular formula is C23H22F2N6S. The second-order valence-electron chi connectivity index (χ2n) is 7.44. The van der Waals surface area contributed by atoms with Gasteiger partial charge in [-0.1, -0.05) is 24.3 Å². The van der Waals surface area contributed by atoms with Crippen molar-refractivity contribution in [2.75, 3.05) is 10.6 Å². The molecule has 2 N–H and O–H groups in total. The van der Waals surface area contributed by atoms with Crippen LogP contribution in [0, 0.1) is 25.5 Å². The number of nitrogens with one attached hydrogen (secondary N) is 2. The zero-order valence-corrected chi connectivity index (χ0v) is 18.5. The van der Waals surface area contributed by atoms with Gasteiger partial charge in [-0.3, -0.25) is 9.36 Å². The fraction of sp³-hybridized carbons (Fsp3) is 0.174. The van der Waals surface area contributed by atoms with E-state index in [0.717, 1.165) is 28.2 Å². The standard InChI is InChI=1S/C23H22F2N6S/c1-15-22(16(2)31(28-15)14-17-6-8-19(24)9-7-17)27-23(32)26-21-10-11-30(29-21)13-18-4-3-5-20(25)12-18/h3-12H,13-14H2,1-2H3,(H2,26,27,29,32). The van der Waals surface area contributed by atoms with Gasteiger partial charge in [0.05, 0.1) is 30.2 Å². The van der Waals surface area contributed by atoms with E-state index in [1.54, 1.807) is 35.1 Å². The fourth-order valence-corrected chi connectivity index (χ4v) is 3.60. The van der Waals surface area contributed by atoms with E-state index < -0.39 is 0 Å². The summed E-state index contributed by atoms with van der Waals surface area (Å²) in [5.74, 6) is 0.0382. The highest BCUT2D eigenvalue weighted by Gasteiger charge is 2.14. The maximum absolute atomic E-state index is 13.4. The average Bonchev–Trinajstić information content (AvgIpc) is 3.28. The molecule has 4 aromatic rings. The Morgan fingerprint density at radius 1 is 0.906 bits per heavy atom. The highest BCUT2D eigenvalue weighted by molar-refractivity contribution is 7.80. The molecule has 0 bridgehead atoms. The fourth-order valence-electron chi connectivity index (χ4n) is 3.39. The Hall–Kier alpha value is -3.59. The monoisotopic (exact) mass is 452 g/mol. The molecule has 2 aromatic heterocycles. The van der Waals surface area contributed by atoms with Crippen molar-refractivity contribution in [2.45, 2.75) is 26.9 Å². The van der Waals surface area contributed by atoms with Crippen molar-refractivity contribution in [3.63, 3.8) is 0 Å². The molecule has 4 rings (SSSR count). The van der Waals surface area contributed by atoms with E-state index in [1.807, 2.05) is 24.6 Å². The van der Waals surface area contributed by atoms with Gasteiger partial charge in [-0.15, -0.1) is 0 Å². The van der Waals surface area contributed by atoms with E-state index in [0.29, 0.717) is 24.0 Å². The summed E-state index contributed by atoms with van der Waals surface area (Å²) in [5, 5.41) is 15.6. The summed E-state index contributed by atoms with van der Waals surface area (Å²) in [6, 6.07) is 14.6. The van der Waals surface area contributed by atoms with Crippen molar-refractivity contribution >= 4 is 28.8 Å². The van der Waals surface area contributed by atoms with E-state index >= 15 is 0 Å². The second-order valence-corrected chi connectivity index (χ2v) is 7.85. The van der Waals surface area contributed by atoms with Crippen molar-refractivity contribution in [3.8, 4) is 0 Å². The highest BCUT2D eigenvalue weighted by atomic mass is 32.1. The summed E-state index contributed by atoms with van der Waals surface area (Å²) in [4.78, 5) is 0. The van der Waals surface area contributed by atoms with Crippen molar-refractivity contribution in [2.24, 2.45) is 0 Å². The minimum Gasteiger partial charge on any atom is -0.329 e. The van der Waals surface area contributed by atoms with Crippen LogP contribution in [0.3, 0.4) is 0 Å². The van der Waals surface area contributed by atoms with Crippen LogP contribution in [0.25, 0.3) is 0 Å². The molecule has 0 unspecified atom stereocenters. The van der Waals surface area contributed by atoms with Gasteiger partial charge in [-0.2, -0.15) is 10.2 Å². The molecule has 0 spiro atoms. The minimum absolute atomic E-state index is 0.265. The van der Waals surface area contributed by atoms with Gasteiger partial charge in [0.25, 0.3) is 0 Å². The lowest BCUT2D eigenvalue weighted by atomic mass is 10.2. The average molecular weight is 453 g/mol. The van der Waals surface area contributed by atoms with Gasteiger partial charge < -0.3 is 10.6 Å². The molecule has 0 amide bonds. The van der Waals surface area contributed by atoms with Crippen LogP contribution < -0.4 is 10.6 Å². The van der Waals surface area contributed by atoms with Gasteiger partial charge >= 0.3 is 0 Å². The van der Waals surface area contributed by atoms with Crippen LogP contribution in [0.4, 0.5) is 20.3 Å². The smallest absolute Gasteiger partial charge is 0.176 e. The largest absolute Gasteiger partial charge is 0.329 e. The first-order valence-corrected chi connectivity index (χ1v) is 10.4. The Bertz CT molecular complexity index is 1250. The first-order valence-electron chi connectivity index (χ1n) is 10.0. The van der Waals surface area contributed by atoms with Crippen LogP contribution in [-0.2, 0) is 13.1 Å². The van der Waals surface area contributed by atoms with E-state index in [2.05, 4.69) is 20.8 Å². The normalized spacial score (nSPS) is 10.9. The Kier molecular flexibility index (Phi) is 6.27. The lowest BCUT2D eigenvalue weighted by Gasteiger charge is -2.10. The predicted molar refractivity (Wildman–Crippen MR) is 125 cm³/mol. The molecule has 0 aliphatic heterocycles.